The van der Waals surface area contributed by atoms with Gasteiger partial charge in [-0.3, -0.25) is 19.2 Å². The molecular formula is C49H55NO14. The van der Waals surface area contributed by atoms with Crippen LogP contribution in [-0.4, -0.2) is 107 Å². The predicted octanol–water partition coefficient (Wildman–Crippen LogP) is 4.78. The Kier molecular flexibility index (Phi) is 12.8. The number of ether oxygens (including phenoxy) is 6. The number of esters is 4. The highest BCUT2D eigenvalue weighted by Crippen LogP contribution is 2.64. The molecule has 1 saturated heterocycles. The molecule has 0 radical (unpaired) electrons. The summed E-state index contributed by atoms with van der Waals surface area (Å²) in [5.74, 6) is -6.35. The molecule has 1 unspecified atom stereocenters. The number of carbonyl (C=O) groups is 6. The standard InChI is InChI=1S/C49H55NO14/c1-8-59-39(37(30-18-12-9-13-19-30)50-43(55)31-20-14-10-15-21-31)45(57)62-33-25-49(58)42(63-44(56)32-22-16-11-17-23-32)40-47(7,34(53)24-35-48(40,26-60-35)64-29(4)52)41(54)38(61-28(3)51)36(27(33)2)46(49,5)6/h9-23,33-35,37-40,42,53,58H,8,24-26H2,1-7H3,(H,50,55)/t33-,34-,35+,37?,38+,39+,40-,42-,47+,48-,49+/m0/s1. The van der Waals surface area contributed by atoms with Crippen LogP contribution in [0.2, 0.25) is 0 Å². The highest BCUT2D eigenvalue weighted by Gasteiger charge is 2.78. The van der Waals surface area contributed by atoms with E-state index in [1.165, 1.54) is 26.0 Å². The minimum absolute atomic E-state index is 0.0105. The summed E-state index contributed by atoms with van der Waals surface area (Å²) in [5, 5.41) is 28.9. The third-order valence-electron chi connectivity index (χ3n) is 13.8. The molecule has 1 heterocycles. The fourth-order valence-corrected chi connectivity index (χ4v) is 10.5. The van der Waals surface area contributed by atoms with Gasteiger partial charge in [-0.25, -0.2) is 9.59 Å². The van der Waals surface area contributed by atoms with Crippen molar-refractivity contribution in [1.29, 1.82) is 0 Å². The van der Waals surface area contributed by atoms with E-state index in [4.69, 9.17) is 28.4 Å². The maximum absolute atomic E-state index is 15.6. The third kappa shape index (κ3) is 7.82. The Morgan fingerprint density at radius 3 is 1.98 bits per heavy atom. The van der Waals surface area contributed by atoms with E-state index in [1.807, 2.05) is 0 Å². The first kappa shape index (κ1) is 46.3. The zero-order valence-electron chi connectivity index (χ0n) is 36.9. The van der Waals surface area contributed by atoms with Crippen molar-refractivity contribution in [2.45, 2.75) is 115 Å². The minimum atomic E-state index is -2.35. The number of hydrogen-bond donors (Lipinski definition) is 3. The van der Waals surface area contributed by atoms with Gasteiger partial charge in [-0.1, -0.05) is 80.6 Å². The second-order valence-electron chi connectivity index (χ2n) is 17.8. The highest BCUT2D eigenvalue weighted by molar-refractivity contribution is 5.96. The first-order valence-electron chi connectivity index (χ1n) is 21.4. The Bertz CT molecular complexity index is 2320. The van der Waals surface area contributed by atoms with Crippen LogP contribution >= 0.6 is 0 Å². The number of aliphatic hydroxyl groups is 2. The lowest BCUT2D eigenvalue weighted by atomic mass is 9.44. The maximum atomic E-state index is 15.6. The first-order chi connectivity index (χ1) is 30.3. The molecule has 64 heavy (non-hydrogen) atoms. The van der Waals surface area contributed by atoms with E-state index < -0.39 is 113 Å². The molecule has 1 amide bonds. The zero-order valence-corrected chi connectivity index (χ0v) is 36.9. The summed E-state index contributed by atoms with van der Waals surface area (Å²) in [6.45, 7) is 9.87. The molecule has 2 bridgehead atoms. The number of nitrogens with one attached hydrogen (secondary N) is 1. The van der Waals surface area contributed by atoms with Crippen molar-refractivity contribution in [3.63, 3.8) is 0 Å². The summed E-state index contributed by atoms with van der Waals surface area (Å²) in [4.78, 5) is 84.6. The molecule has 11 atom stereocenters. The number of aliphatic hydroxyl groups excluding tert-OH is 1. The normalized spacial score (nSPS) is 31.2. The molecule has 3 aromatic rings. The van der Waals surface area contributed by atoms with Gasteiger partial charge in [0.2, 0.25) is 0 Å². The number of benzene rings is 3. The van der Waals surface area contributed by atoms with E-state index in [9.17, 15) is 34.2 Å². The Hall–Kier alpha value is -5.74. The molecular weight excluding hydrogens is 827 g/mol. The zero-order chi connectivity index (χ0) is 46.4. The number of hydrogen-bond acceptors (Lipinski definition) is 14. The van der Waals surface area contributed by atoms with E-state index in [0.29, 0.717) is 11.1 Å². The number of fused-ring (bicyclic) bond motifs is 5. The third-order valence-corrected chi connectivity index (χ3v) is 13.8. The van der Waals surface area contributed by atoms with Gasteiger partial charge in [0.25, 0.3) is 5.91 Å². The molecule has 2 saturated carbocycles. The van der Waals surface area contributed by atoms with Gasteiger partial charge in [0, 0.05) is 44.3 Å². The van der Waals surface area contributed by atoms with E-state index in [0.717, 1.165) is 6.92 Å². The molecule has 3 aromatic carbocycles. The summed E-state index contributed by atoms with van der Waals surface area (Å²) in [6, 6.07) is 24.0. The fraction of sp³-hybridized carbons (Fsp3) is 0.469. The lowest BCUT2D eigenvalue weighted by Crippen LogP contribution is -2.82. The molecule has 0 aromatic heterocycles. The smallest absolute Gasteiger partial charge is 0.338 e. The number of Topliss-reactive ketones (excluding diaryl/α,β-unsaturated/α-hetero) is 1. The summed E-state index contributed by atoms with van der Waals surface area (Å²) < 4.78 is 36.8. The fourth-order valence-electron chi connectivity index (χ4n) is 10.5. The minimum Gasteiger partial charge on any atom is -0.456 e. The average molecular weight is 882 g/mol. The summed E-state index contributed by atoms with van der Waals surface area (Å²) in [5.41, 5.74) is -6.56. The molecule has 15 heteroatoms. The van der Waals surface area contributed by atoms with Gasteiger partial charge >= 0.3 is 23.9 Å². The molecule has 3 N–H and O–H groups in total. The second-order valence-corrected chi connectivity index (χ2v) is 17.8. The maximum Gasteiger partial charge on any atom is 0.338 e. The van der Waals surface area contributed by atoms with Crippen molar-refractivity contribution >= 4 is 35.6 Å². The van der Waals surface area contributed by atoms with Gasteiger partial charge in [0.1, 0.15) is 23.9 Å². The predicted molar refractivity (Wildman–Crippen MR) is 227 cm³/mol. The Labute approximate surface area is 371 Å². The van der Waals surface area contributed by atoms with Crippen LogP contribution in [0.3, 0.4) is 0 Å². The van der Waals surface area contributed by atoms with Crippen molar-refractivity contribution in [3.05, 3.63) is 119 Å². The van der Waals surface area contributed by atoms with Crippen molar-refractivity contribution in [2.24, 2.45) is 16.7 Å². The van der Waals surface area contributed by atoms with Crippen LogP contribution < -0.4 is 5.32 Å². The molecule has 0 spiro atoms. The Morgan fingerprint density at radius 2 is 1.44 bits per heavy atom. The SMILES string of the molecule is CCO[C@@H](C(=O)O[C@H]1C[C@@]2(O)[C@@H](OC(=O)c3ccccc3)[C@@H]3[C@]4(OC(C)=O)CO[C@@H]4C[C@H](O)[C@@]3(C)C(=O)[C@H](OC(C)=O)C(=C1C)C2(C)C)C(NC(=O)c1ccccc1)c1ccccc1. The lowest BCUT2D eigenvalue weighted by Gasteiger charge is -2.67. The van der Waals surface area contributed by atoms with Crippen LogP contribution in [0, 0.1) is 16.7 Å². The molecule has 4 aliphatic rings. The largest absolute Gasteiger partial charge is 0.456 e. The van der Waals surface area contributed by atoms with Crippen LogP contribution in [0.15, 0.2) is 102 Å². The van der Waals surface area contributed by atoms with Crippen LogP contribution in [0.4, 0.5) is 0 Å². The number of ketones is 1. The van der Waals surface area contributed by atoms with E-state index >= 15 is 4.79 Å². The van der Waals surface area contributed by atoms with Gasteiger partial charge < -0.3 is 44.0 Å². The van der Waals surface area contributed by atoms with Crippen LogP contribution in [0.5, 0.6) is 0 Å². The molecule has 15 nitrogen and oxygen atoms in total. The average Bonchev–Trinajstić information content (AvgIpc) is 3.26. The molecule has 3 fully saturated rings. The van der Waals surface area contributed by atoms with E-state index in [1.54, 1.807) is 107 Å². The molecule has 3 aliphatic carbocycles. The number of carbonyl (C=O) groups excluding carboxylic acids is 6. The molecule has 1 aliphatic heterocycles. The van der Waals surface area contributed by atoms with Gasteiger partial charge in [0.05, 0.1) is 35.6 Å². The van der Waals surface area contributed by atoms with Crippen molar-refractivity contribution in [3.8, 4) is 0 Å². The molecule has 7 rings (SSSR count). The monoisotopic (exact) mass is 881 g/mol. The summed E-state index contributed by atoms with van der Waals surface area (Å²) in [7, 11) is 0. The number of rotatable bonds is 12. The second kappa shape index (κ2) is 17.7. The Morgan fingerprint density at radius 1 is 0.844 bits per heavy atom. The van der Waals surface area contributed by atoms with Crippen molar-refractivity contribution in [1.82, 2.24) is 5.32 Å². The lowest BCUT2D eigenvalue weighted by molar-refractivity contribution is -0.346. The number of amides is 1. The van der Waals surface area contributed by atoms with E-state index in [2.05, 4.69) is 5.32 Å². The van der Waals surface area contributed by atoms with E-state index in [-0.39, 0.29) is 36.3 Å². The Balaban J connectivity index is 1.41. The van der Waals surface area contributed by atoms with Crippen molar-refractivity contribution < 1.29 is 67.4 Å². The van der Waals surface area contributed by atoms with Crippen LogP contribution in [0.25, 0.3) is 0 Å². The summed E-state index contributed by atoms with van der Waals surface area (Å²) in [6.07, 6.45) is -9.70. The van der Waals surface area contributed by atoms with Crippen LogP contribution in [0.1, 0.15) is 93.6 Å². The van der Waals surface area contributed by atoms with Gasteiger partial charge in [0.15, 0.2) is 23.6 Å². The first-order valence-corrected chi connectivity index (χ1v) is 21.4. The highest BCUT2D eigenvalue weighted by atomic mass is 16.6. The molecule has 340 valence electrons. The van der Waals surface area contributed by atoms with Gasteiger partial charge in [-0.2, -0.15) is 0 Å². The van der Waals surface area contributed by atoms with Crippen LogP contribution in [-0.2, 0) is 47.6 Å². The topological polar surface area (TPSA) is 210 Å². The van der Waals surface area contributed by atoms with Gasteiger partial charge in [-0.05, 0) is 61.7 Å². The van der Waals surface area contributed by atoms with Crippen molar-refractivity contribution in [2.75, 3.05) is 13.2 Å². The van der Waals surface area contributed by atoms with Gasteiger partial charge in [-0.15, -0.1) is 0 Å². The summed E-state index contributed by atoms with van der Waals surface area (Å²) >= 11 is 0. The quantitative estimate of drug-likeness (QED) is 0.127.